The molecule has 0 spiro atoms. The third-order valence-corrected chi connectivity index (χ3v) is 3.86. The van der Waals surface area contributed by atoms with Crippen molar-refractivity contribution in [1.82, 2.24) is 4.98 Å². The summed E-state index contributed by atoms with van der Waals surface area (Å²) >= 11 is 1.27. The number of para-hydroxylation sites is 1. The van der Waals surface area contributed by atoms with Crippen LogP contribution in [0.25, 0.3) is 0 Å². The van der Waals surface area contributed by atoms with Crippen molar-refractivity contribution in [1.29, 1.82) is 0 Å². The van der Waals surface area contributed by atoms with Crippen molar-refractivity contribution < 1.29 is 4.79 Å². The van der Waals surface area contributed by atoms with E-state index in [1.54, 1.807) is 0 Å². The van der Waals surface area contributed by atoms with E-state index in [1.807, 2.05) is 31.2 Å². The van der Waals surface area contributed by atoms with Crippen LogP contribution in [-0.4, -0.2) is 17.4 Å². The molecule has 0 saturated carbocycles. The minimum Gasteiger partial charge on any atom is -0.382 e. The van der Waals surface area contributed by atoms with Crippen molar-refractivity contribution >= 4 is 33.9 Å². The Morgan fingerprint density at radius 2 is 2.10 bits per heavy atom. The number of nitrogens with two attached hydrogens (primary N) is 1. The highest BCUT2D eigenvalue weighted by Crippen LogP contribution is 2.26. The highest BCUT2D eigenvalue weighted by Gasteiger charge is 2.16. The number of anilines is 3. The fourth-order valence-electron chi connectivity index (χ4n) is 1.85. The molecular weight excluding hydrogens is 272 g/mol. The molecule has 0 saturated heterocycles. The van der Waals surface area contributed by atoms with E-state index in [0.29, 0.717) is 10.0 Å². The van der Waals surface area contributed by atoms with Crippen LogP contribution in [-0.2, 0) is 6.42 Å². The minimum absolute atomic E-state index is 0.218. The molecule has 1 aromatic heterocycles. The Labute approximate surface area is 122 Å². The maximum atomic E-state index is 12.3. The lowest BCUT2D eigenvalue weighted by Crippen LogP contribution is -2.13. The first kappa shape index (κ1) is 14.3. The Kier molecular flexibility index (Phi) is 4.57. The molecule has 0 radical (unpaired) electrons. The molecule has 0 unspecified atom stereocenters. The second-order valence-corrected chi connectivity index (χ2v) is 5.23. The number of benzene rings is 1. The van der Waals surface area contributed by atoms with E-state index in [1.165, 1.54) is 11.3 Å². The van der Waals surface area contributed by atoms with Gasteiger partial charge in [-0.05, 0) is 25.0 Å². The molecule has 5 nitrogen and oxygen atoms in total. The van der Waals surface area contributed by atoms with Crippen molar-refractivity contribution in [3.63, 3.8) is 0 Å². The van der Waals surface area contributed by atoms with Crippen LogP contribution in [0.5, 0.6) is 0 Å². The van der Waals surface area contributed by atoms with E-state index >= 15 is 0 Å². The van der Waals surface area contributed by atoms with Gasteiger partial charge in [-0.15, -0.1) is 0 Å². The fraction of sp³-hybridized carbons (Fsp3) is 0.286. The van der Waals surface area contributed by atoms with Crippen molar-refractivity contribution in [2.24, 2.45) is 0 Å². The molecule has 2 aromatic rings. The molecular formula is C14H18N4OS. The zero-order chi connectivity index (χ0) is 14.5. The number of carbonyl (C=O) groups excluding carboxylic acids is 1. The van der Waals surface area contributed by atoms with Gasteiger partial charge >= 0.3 is 0 Å². The monoisotopic (exact) mass is 290 g/mol. The summed E-state index contributed by atoms with van der Waals surface area (Å²) in [5.41, 5.74) is 7.71. The lowest BCUT2D eigenvalue weighted by molar-refractivity contribution is 0.103. The van der Waals surface area contributed by atoms with Crippen LogP contribution in [0.1, 0.15) is 29.1 Å². The summed E-state index contributed by atoms with van der Waals surface area (Å²) in [6, 6.07) is 7.74. The van der Waals surface area contributed by atoms with Gasteiger partial charge in [-0.2, -0.15) is 0 Å². The van der Waals surface area contributed by atoms with Gasteiger partial charge in [0.15, 0.2) is 5.13 Å². The normalized spacial score (nSPS) is 10.3. The Bertz CT molecular complexity index is 609. The van der Waals surface area contributed by atoms with Crippen LogP contribution in [0.4, 0.5) is 16.6 Å². The Morgan fingerprint density at radius 3 is 2.80 bits per heavy atom. The summed E-state index contributed by atoms with van der Waals surface area (Å²) < 4.78 is 0. The Balaban J connectivity index is 2.19. The number of thiazole rings is 1. The number of amides is 1. The summed E-state index contributed by atoms with van der Waals surface area (Å²) in [5, 5.41) is 6.62. The first-order valence-corrected chi connectivity index (χ1v) is 7.36. The summed E-state index contributed by atoms with van der Waals surface area (Å²) in [6.45, 7) is 4.76. The van der Waals surface area contributed by atoms with Crippen LogP contribution in [0.3, 0.4) is 0 Å². The molecule has 0 aliphatic rings. The molecule has 1 heterocycles. The number of aryl methyl sites for hydroxylation is 1. The van der Waals surface area contributed by atoms with Crippen molar-refractivity contribution in [3.8, 4) is 0 Å². The summed E-state index contributed by atoms with van der Waals surface area (Å²) in [6.07, 6.45) is 0.858. The highest BCUT2D eigenvalue weighted by molar-refractivity contribution is 7.18. The molecule has 4 N–H and O–H groups in total. The minimum atomic E-state index is -0.218. The maximum Gasteiger partial charge on any atom is 0.269 e. The molecule has 0 fully saturated rings. The summed E-state index contributed by atoms with van der Waals surface area (Å²) in [5.74, 6) is 0.0440. The second kappa shape index (κ2) is 6.38. The number of nitrogen functional groups attached to an aromatic ring is 1. The molecule has 0 atom stereocenters. The third kappa shape index (κ3) is 3.08. The lowest BCUT2D eigenvalue weighted by atomic mass is 10.1. The predicted molar refractivity (Wildman–Crippen MR) is 84.5 cm³/mol. The lowest BCUT2D eigenvalue weighted by Gasteiger charge is -2.08. The molecule has 1 aromatic carbocycles. The Morgan fingerprint density at radius 1 is 1.35 bits per heavy atom. The van der Waals surface area contributed by atoms with E-state index in [9.17, 15) is 4.79 Å². The number of hydrogen-bond acceptors (Lipinski definition) is 5. The number of nitrogens with zero attached hydrogens (tertiary/aromatic N) is 1. The van der Waals surface area contributed by atoms with Crippen molar-refractivity contribution in [3.05, 3.63) is 34.7 Å². The first-order valence-electron chi connectivity index (χ1n) is 6.55. The molecule has 106 valence electrons. The molecule has 2 rings (SSSR count). The molecule has 6 heteroatoms. The van der Waals surface area contributed by atoms with Gasteiger partial charge < -0.3 is 16.4 Å². The fourth-order valence-corrected chi connectivity index (χ4v) is 2.70. The molecule has 20 heavy (non-hydrogen) atoms. The molecule has 0 aliphatic heterocycles. The van der Waals surface area contributed by atoms with Gasteiger partial charge in [-0.1, -0.05) is 36.5 Å². The average Bonchev–Trinajstić information content (AvgIpc) is 2.81. The van der Waals surface area contributed by atoms with Crippen LogP contribution in [0.15, 0.2) is 24.3 Å². The number of rotatable bonds is 5. The maximum absolute atomic E-state index is 12.3. The molecule has 0 bridgehead atoms. The van der Waals surface area contributed by atoms with Gasteiger partial charge in [0.25, 0.3) is 5.91 Å². The average molecular weight is 290 g/mol. The zero-order valence-corrected chi connectivity index (χ0v) is 12.4. The van der Waals surface area contributed by atoms with E-state index in [0.717, 1.165) is 24.2 Å². The smallest absolute Gasteiger partial charge is 0.269 e. The summed E-state index contributed by atoms with van der Waals surface area (Å²) in [7, 11) is 0. The van der Waals surface area contributed by atoms with Gasteiger partial charge in [0.1, 0.15) is 10.7 Å². The topological polar surface area (TPSA) is 80.0 Å². The van der Waals surface area contributed by atoms with Gasteiger partial charge in [0.2, 0.25) is 0 Å². The molecule has 1 amide bonds. The van der Waals surface area contributed by atoms with Crippen molar-refractivity contribution in [2.45, 2.75) is 20.3 Å². The van der Waals surface area contributed by atoms with E-state index in [-0.39, 0.29) is 11.7 Å². The summed E-state index contributed by atoms with van der Waals surface area (Å²) in [4.78, 5) is 16.8. The van der Waals surface area contributed by atoms with E-state index in [2.05, 4.69) is 22.5 Å². The number of aromatic nitrogens is 1. The zero-order valence-electron chi connectivity index (χ0n) is 11.6. The van der Waals surface area contributed by atoms with Gasteiger partial charge in [0, 0.05) is 12.2 Å². The highest BCUT2D eigenvalue weighted by atomic mass is 32.1. The quantitative estimate of drug-likeness (QED) is 0.791. The molecule has 0 aliphatic carbocycles. The van der Waals surface area contributed by atoms with E-state index < -0.39 is 0 Å². The standard InChI is InChI=1S/C14H18N4OS/c1-3-9-7-5-6-8-10(9)17-13(19)11-12(15)18-14(20-11)16-4-2/h5-8H,3-4,15H2,1-2H3,(H,16,18)(H,17,19). The van der Waals surface area contributed by atoms with E-state index in [4.69, 9.17) is 5.73 Å². The second-order valence-electron chi connectivity index (χ2n) is 4.23. The Hall–Kier alpha value is -2.08. The van der Waals surface area contributed by atoms with Crippen molar-refractivity contribution in [2.75, 3.05) is 22.9 Å². The van der Waals surface area contributed by atoms with Crippen LogP contribution >= 0.6 is 11.3 Å². The number of hydrogen-bond donors (Lipinski definition) is 3. The predicted octanol–water partition coefficient (Wildman–Crippen LogP) is 2.97. The van der Waals surface area contributed by atoms with Crippen LogP contribution in [0, 0.1) is 0 Å². The van der Waals surface area contributed by atoms with Gasteiger partial charge in [0.05, 0.1) is 0 Å². The third-order valence-electron chi connectivity index (χ3n) is 2.83. The largest absolute Gasteiger partial charge is 0.382 e. The SMILES string of the molecule is CCNc1nc(N)c(C(=O)Nc2ccccc2CC)s1. The van der Waals surface area contributed by atoms with Crippen LogP contribution < -0.4 is 16.4 Å². The first-order chi connectivity index (χ1) is 9.65. The number of carbonyl (C=O) groups is 1. The number of nitrogens with one attached hydrogen (secondary N) is 2. The van der Waals surface area contributed by atoms with Crippen LogP contribution in [0.2, 0.25) is 0 Å². The van der Waals surface area contributed by atoms with Gasteiger partial charge in [-0.25, -0.2) is 4.98 Å². The van der Waals surface area contributed by atoms with Gasteiger partial charge in [-0.3, -0.25) is 4.79 Å².